The molecule has 0 heterocycles. The molecule has 1 fully saturated rings. The summed E-state index contributed by atoms with van der Waals surface area (Å²) < 4.78 is 6.03. The molecule has 16 heavy (non-hydrogen) atoms. The van der Waals surface area contributed by atoms with Gasteiger partial charge in [-0.3, -0.25) is 0 Å². The van der Waals surface area contributed by atoms with Gasteiger partial charge in [0.1, 0.15) is 0 Å². The SMILES string of the molecule is CCNC1CCC(OCC(CC)CC)CC1. The average Bonchev–Trinajstić information content (AvgIpc) is 2.33. The lowest BCUT2D eigenvalue weighted by Gasteiger charge is -2.30. The van der Waals surface area contributed by atoms with Gasteiger partial charge in [-0.2, -0.15) is 0 Å². The van der Waals surface area contributed by atoms with E-state index in [2.05, 4.69) is 26.1 Å². The highest BCUT2D eigenvalue weighted by atomic mass is 16.5. The zero-order valence-corrected chi connectivity index (χ0v) is 11.3. The van der Waals surface area contributed by atoms with Gasteiger partial charge in [-0.25, -0.2) is 0 Å². The number of hydrogen-bond donors (Lipinski definition) is 1. The minimum Gasteiger partial charge on any atom is -0.378 e. The van der Waals surface area contributed by atoms with E-state index in [4.69, 9.17) is 4.74 Å². The molecule has 96 valence electrons. The predicted molar refractivity (Wildman–Crippen MR) is 69.7 cm³/mol. The van der Waals surface area contributed by atoms with Crippen molar-refractivity contribution in [2.75, 3.05) is 13.2 Å². The number of nitrogens with one attached hydrogen (secondary N) is 1. The third kappa shape index (κ3) is 4.84. The summed E-state index contributed by atoms with van der Waals surface area (Å²) in [4.78, 5) is 0. The van der Waals surface area contributed by atoms with Gasteiger partial charge in [0.25, 0.3) is 0 Å². The molecular formula is C14H29NO. The average molecular weight is 227 g/mol. The maximum absolute atomic E-state index is 6.03. The molecular weight excluding hydrogens is 198 g/mol. The van der Waals surface area contributed by atoms with Gasteiger partial charge in [-0.05, 0) is 38.1 Å². The Hall–Kier alpha value is -0.0800. The van der Waals surface area contributed by atoms with Gasteiger partial charge < -0.3 is 10.1 Å². The van der Waals surface area contributed by atoms with E-state index in [-0.39, 0.29) is 0 Å². The van der Waals surface area contributed by atoms with Crippen LogP contribution in [0.5, 0.6) is 0 Å². The Morgan fingerprint density at radius 3 is 2.19 bits per heavy atom. The summed E-state index contributed by atoms with van der Waals surface area (Å²) in [6, 6.07) is 0.748. The first-order valence-electron chi connectivity index (χ1n) is 7.15. The van der Waals surface area contributed by atoms with Gasteiger partial charge in [0.2, 0.25) is 0 Å². The number of rotatable bonds is 7. The first kappa shape index (κ1) is 14.0. The first-order valence-corrected chi connectivity index (χ1v) is 7.15. The Morgan fingerprint density at radius 2 is 1.69 bits per heavy atom. The predicted octanol–water partition coefficient (Wildman–Crippen LogP) is 3.36. The minimum atomic E-state index is 0.538. The van der Waals surface area contributed by atoms with Gasteiger partial charge >= 0.3 is 0 Å². The van der Waals surface area contributed by atoms with Gasteiger partial charge in [0, 0.05) is 12.6 Å². The number of ether oxygens (including phenoxy) is 1. The fourth-order valence-corrected chi connectivity index (χ4v) is 2.52. The summed E-state index contributed by atoms with van der Waals surface area (Å²) in [5, 5.41) is 3.54. The van der Waals surface area contributed by atoms with Crippen LogP contribution in [0, 0.1) is 5.92 Å². The molecule has 0 aliphatic heterocycles. The van der Waals surface area contributed by atoms with Crippen molar-refractivity contribution >= 4 is 0 Å². The molecule has 0 unspecified atom stereocenters. The van der Waals surface area contributed by atoms with E-state index >= 15 is 0 Å². The molecule has 1 aliphatic rings. The van der Waals surface area contributed by atoms with Crippen molar-refractivity contribution in [2.45, 2.75) is 71.4 Å². The monoisotopic (exact) mass is 227 g/mol. The second kappa shape index (κ2) is 8.08. The number of hydrogen-bond acceptors (Lipinski definition) is 2. The highest BCUT2D eigenvalue weighted by Gasteiger charge is 2.21. The van der Waals surface area contributed by atoms with Crippen LogP contribution in [-0.4, -0.2) is 25.3 Å². The second-order valence-electron chi connectivity index (χ2n) is 5.05. The Kier molecular flexibility index (Phi) is 7.06. The molecule has 0 atom stereocenters. The lowest BCUT2D eigenvalue weighted by molar-refractivity contribution is 0.00178. The largest absolute Gasteiger partial charge is 0.378 e. The van der Waals surface area contributed by atoms with E-state index in [9.17, 15) is 0 Å². The zero-order valence-electron chi connectivity index (χ0n) is 11.3. The fourth-order valence-electron chi connectivity index (χ4n) is 2.52. The minimum absolute atomic E-state index is 0.538. The van der Waals surface area contributed by atoms with Crippen LogP contribution in [0.1, 0.15) is 59.3 Å². The van der Waals surface area contributed by atoms with Crippen LogP contribution in [0.4, 0.5) is 0 Å². The second-order valence-corrected chi connectivity index (χ2v) is 5.05. The highest BCUT2D eigenvalue weighted by Crippen LogP contribution is 2.22. The van der Waals surface area contributed by atoms with E-state index in [0.29, 0.717) is 6.10 Å². The third-order valence-electron chi connectivity index (χ3n) is 3.89. The van der Waals surface area contributed by atoms with Crippen molar-refractivity contribution in [3.63, 3.8) is 0 Å². The van der Waals surface area contributed by atoms with Crippen LogP contribution < -0.4 is 5.32 Å². The van der Waals surface area contributed by atoms with Gasteiger partial charge in [0.15, 0.2) is 0 Å². The van der Waals surface area contributed by atoms with Crippen molar-refractivity contribution in [2.24, 2.45) is 5.92 Å². The normalized spacial score (nSPS) is 26.2. The molecule has 1 rings (SSSR count). The van der Waals surface area contributed by atoms with E-state index in [1.54, 1.807) is 0 Å². The van der Waals surface area contributed by atoms with Crippen LogP contribution in [0.15, 0.2) is 0 Å². The topological polar surface area (TPSA) is 21.3 Å². The van der Waals surface area contributed by atoms with Crippen LogP contribution in [-0.2, 0) is 4.74 Å². The van der Waals surface area contributed by atoms with Gasteiger partial charge in [-0.1, -0.05) is 33.6 Å². The quantitative estimate of drug-likeness (QED) is 0.720. The van der Waals surface area contributed by atoms with Gasteiger partial charge in [0.05, 0.1) is 6.10 Å². The lowest BCUT2D eigenvalue weighted by Crippen LogP contribution is -2.35. The summed E-state index contributed by atoms with van der Waals surface area (Å²) in [6.45, 7) is 8.79. The third-order valence-corrected chi connectivity index (χ3v) is 3.89. The lowest BCUT2D eigenvalue weighted by atomic mass is 9.93. The van der Waals surface area contributed by atoms with Crippen molar-refractivity contribution in [3.05, 3.63) is 0 Å². The zero-order chi connectivity index (χ0) is 11.8. The summed E-state index contributed by atoms with van der Waals surface area (Å²) in [6.07, 6.45) is 8.13. The molecule has 0 radical (unpaired) electrons. The van der Waals surface area contributed by atoms with E-state index in [0.717, 1.165) is 25.1 Å². The Bertz CT molecular complexity index is 160. The van der Waals surface area contributed by atoms with Crippen LogP contribution >= 0.6 is 0 Å². The van der Waals surface area contributed by atoms with Crippen LogP contribution in [0.25, 0.3) is 0 Å². The Balaban J connectivity index is 2.12. The van der Waals surface area contributed by atoms with E-state index in [1.807, 2.05) is 0 Å². The maximum Gasteiger partial charge on any atom is 0.0576 e. The Labute approximate surface area is 101 Å². The first-order chi connectivity index (χ1) is 7.80. The standard InChI is InChI=1S/C14H29NO/c1-4-12(5-2)11-16-14-9-7-13(8-10-14)15-6-3/h12-15H,4-11H2,1-3H3. The molecule has 0 aromatic carbocycles. The molecule has 0 saturated heterocycles. The molecule has 0 bridgehead atoms. The van der Waals surface area contributed by atoms with E-state index in [1.165, 1.54) is 38.5 Å². The smallest absolute Gasteiger partial charge is 0.0576 e. The molecule has 1 N–H and O–H groups in total. The molecule has 0 amide bonds. The van der Waals surface area contributed by atoms with Crippen molar-refractivity contribution in [3.8, 4) is 0 Å². The fraction of sp³-hybridized carbons (Fsp3) is 1.00. The van der Waals surface area contributed by atoms with E-state index < -0.39 is 0 Å². The van der Waals surface area contributed by atoms with Gasteiger partial charge in [-0.15, -0.1) is 0 Å². The maximum atomic E-state index is 6.03. The summed E-state index contributed by atoms with van der Waals surface area (Å²) >= 11 is 0. The summed E-state index contributed by atoms with van der Waals surface area (Å²) in [5.74, 6) is 0.770. The van der Waals surface area contributed by atoms with Crippen molar-refractivity contribution in [1.29, 1.82) is 0 Å². The molecule has 1 saturated carbocycles. The molecule has 0 spiro atoms. The van der Waals surface area contributed by atoms with Crippen LogP contribution in [0.3, 0.4) is 0 Å². The van der Waals surface area contributed by atoms with Crippen LogP contribution in [0.2, 0.25) is 0 Å². The molecule has 0 aromatic heterocycles. The van der Waals surface area contributed by atoms with Crippen molar-refractivity contribution in [1.82, 2.24) is 5.32 Å². The molecule has 0 aromatic rings. The Morgan fingerprint density at radius 1 is 1.06 bits per heavy atom. The molecule has 1 aliphatic carbocycles. The summed E-state index contributed by atoms with van der Waals surface area (Å²) in [5.41, 5.74) is 0. The summed E-state index contributed by atoms with van der Waals surface area (Å²) in [7, 11) is 0. The van der Waals surface area contributed by atoms with Crippen molar-refractivity contribution < 1.29 is 4.74 Å². The highest BCUT2D eigenvalue weighted by molar-refractivity contribution is 4.77. The molecule has 2 nitrogen and oxygen atoms in total. The molecule has 2 heteroatoms.